The summed E-state index contributed by atoms with van der Waals surface area (Å²) in [6, 6.07) is 11.8. The normalized spacial score (nSPS) is 16.0. The summed E-state index contributed by atoms with van der Waals surface area (Å²) in [6.45, 7) is 5.40. The fraction of sp³-hybridized carbons (Fsp3) is 0.261. The van der Waals surface area contributed by atoms with Gasteiger partial charge in [0.05, 0.1) is 23.4 Å². The molecule has 7 nitrogen and oxygen atoms in total. The molecule has 1 atom stereocenters. The molecular weight excluding hydrogens is 431 g/mol. The SMILES string of the molecule is CC1=C(C(=O)OC(C)C)C(c2ccc(NC(=O)Nc3ccccc3F)cc2)NC(=S)N1C. The van der Waals surface area contributed by atoms with E-state index in [0.29, 0.717) is 22.1 Å². The van der Waals surface area contributed by atoms with Crippen LogP contribution in [0.15, 0.2) is 59.8 Å². The molecule has 0 spiro atoms. The van der Waals surface area contributed by atoms with Gasteiger partial charge in [0.15, 0.2) is 5.11 Å². The number of esters is 1. The summed E-state index contributed by atoms with van der Waals surface area (Å²) in [6.07, 6.45) is -0.262. The Balaban J connectivity index is 1.78. The number of hydrogen-bond donors (Lipinski definition) is 3. The van der Waals surface area contributed by atoms with Crippen LogP contribution in [0.3, 0.4) is 0 Å². The number of rotatable bonds is 5. The summed E-state index contributed by atoms with van der Waals surface area (Å²) in [5, 5.41) is 8.78. The van der Waals surface area contributed by atoms with Crippen molar-refractivity contribution in [1.29, 1.82) is 0 Å². The molecule has 2 amide bonds. The first-order valence-electron chi connectivity index (χ1n) is 10.1. The molecule has 0 aromatic heterocycles. The first-order valence-corrected chi connectivity index (χ1v) is 10.5. The van der Waals surface area contributed by atoms with E-state index >= 15 is 0 Å². The summed E-state index contributed by atoms with van der Waals surface area (Å²) < 4.78 is 19.1. The average Bonchev–Trinajstić information content (AvgIpc) is 2.73. The molecule has 0 saturated carbocycles. The lowest BCUT2D eigenvalue weighted by molar-refractivity contribution is -0.143. The van der Waals surface area contributed by atoms with Crippen LogP contribution in [0.4, 0.5) is 20.6 Å². The van der Waals surface area contributed by atoms with Gasteiger partial charge in [-0.25, -0.2) is 14.0 Å². The Bertz CT molecular complexity index is 1070. The van der Waals surface area contributed by atoms with Gasteiger partial charge in [-0.1, -0.05) is 24.3 Å². The molecule has 0 aliphatic carbocycles. The molecular formula is C23H25FN4O3S. The Hall–Kier alpha value is -3.46. The van der Waals surface area contributed by atoms with E-state index in [9.17, 15) is 14.0 Å². The number of hydrogen-bond acceptors (Lipinski definition) is 4. The van der Waals surface area contributed by atoms with Gasteiger partial charge in [-0.05, 0) is 62.8 Å². The Labute approximate surface area is 191 Å². The Morgan fingerprint density at radius 1 is 1.12 bits per heavy atom. The highest BCUT2D eigenvalue weighted by Crippen LogP contribution is 2.31. The lowest BCUT2D eigenvalue weighted by Crippen LogP contribution is -2.46. The van der Waals surface area contributed by atoms with Gasteiger partial charge < -0.3 is 25.6 Å². The molecule has 0 fully saturated rings. The van der Waals surface area contributed by atoms with Gasteiger partial charge in [-0.3, -0.25) is 0 Å². The average molecular weight is 457 g/mol. The lowest BCUT2D eigenvalue weighted by atomic mass is 9.95. The highest BCUT2D eigenvalue weighted by Gasteiger charge is 2.33. The van der Waals surface area contributed by atoms with Crippen LogP contribution in [0.25, 0.3) is 0 Å². The number of para-hydroxylation sites is 1. The zero-order chi connectivity index (χ0) is 23.4. The van der Waals surface area contributed by atoms with Crippen molar-refractivity contribution >= 4 is 40.7 Å². The standard InChI is InChI=1S/C23H25FN4O3S/c1-13(2)31-21(29)19-14(3)28(4)23(32)27-20(19)15-9-11-16(12-10-15)25-22(30)26-18-8-6-5-7-17(18)24/h5-13,20H,1-4H3,(H,27,32)(H2,25,26,30). The van der Waals surface area contributed by atoms with Gasteiger partial charge in [0.2, 0.25) is 0 Å². The highest BCUT2D eigenvalue weighted by atomic mass is 32.1. The zero-order valence-corrected chi connectivity index (χ0v) is 19.0. The van der Waals surface area contributed by atoms with Crippen molar-refractivity contribution in [3.8, 4) is 0 Å². The van der Waals surface area contributed by atoms with Crippen molar-refractivity contribution in [1.82, 2.24) is 10.2 Å². The van der Waals surface area contributed by atoms with Crippen LogP contribution in [0.2, 0.25) is 0 Å². The fourth-order valence-corrected chi connectivity index (χ4v) is 3.49. The molecule has 32 heavy (non-hydrogen) atoms. The minimum atomic E-state index is -0.571. The number of carbonyl (C=O) groups excluding carboxylic acids is 2. The van der Waals surface area contributed by atoms with Crippen molar-refractivity contribution in [2.24, 2.45) is 0 Å². The summed E-state index contributed by atoms with van der Waals surface area (Å²) in [7, 11) is 1.78. The molecule has 168 valence electrons. The number of allylic oxidation sites excluding steroid dienone is 1. The third-order valence-electron chi connectivity index (χ3n) is 4.94. The number of halogens is 1. The number of ether oxygens (including phenoxy) is 1. The Kier molecular flexibility index (Phi) is 7.09. The van der Waals surface area contributed by atoms with E-state index < -0.39 is 23.9 Å². The van der Waals surface area contributed by atoms with Crippen LogP contribution in [-0.4, -0.2) is 35.2 Å². The predicted octanol–water partition coefficient (Wildman–Crippen LogP) is 4.56. The summed E-state index contributed by atoms with van der Waals surface area (Å²) in [5.74, 6) is -0.943. The number of amides is 2. The maximum absolute atomic E-state index is 13.7. The summed E-state index contributed by atoms with van der Waals surface area (Å²) in [4.78, 5) is 26.7. The van der Waals surface area contributed by atoms with E-state index in [-0.39, 0.29) is 11.8 Å². The monoisotopic (exact) mass is 456 g/mol. The third-order valence-corrected chi connectivity index (χ3v) is 5.33. The van der Waals surface area contributed by atoms with Crippen LogP contribution in [-0.2, 0) is 9.53 Å². The summed E-state index contributed by atoms with van der Waals surface area (Å²) in [5.41, 5.74) is 2.53. The van der Waals surface area contributed by atoms with Gasteiger partial charge in [0, 0.05) is 18.4 Å². The maximum Gasteiger partial charge on any atom is 0.338 e. The number of urea groups is 1. The molecule has 1 unspecified atom stereocenters. The number of thiocarbonyl (C=S) groups is 1. The third kappa shape index (κ3) is 5.23. The second kappa shape index (κ2) is 9.78. The van der Waals surface area contributed by atoms with Crippen LogP contribution < -0.4 is 16.0 Å². The smallest absolute Gasteiger partial charge is 0.338 e. The largest absolute Gasteiger partial charge is 0.459 e. The number of anilines is 2. The van der Waals surface area contributed by atoms with Crippen molar-refractivity contribution < 1.29 is 18.7 Å². The quantitative estimate of drug-likeness (QED) is 0.452. The van der Waals surface area contributed by atoms with Crippen LogP contribution >= 0.6 is 12.2 Å². The number of nitrogens with zero attached hydrogens (tertiary/aromatic N) is 1. The van der Waals surface area contributed by atoms with E-state index in [1.54, 1.807) is 62.2 Å². The van der Waals surface area contributed by atoms with E-state index in [2.05, 4.69) is 16.0 Å². The van der Waals surface area contributed by atoms with Crippen LogP contribution in [0, 0.1) is 5.82 Å². The molecule has 3 rings (SSSR count). The zero-order valence-electron chi connectivity index (χ0n) is 18.2. The van der Waals surface area contributed by atoms with Crippen molar-refractivity contribution in [3.63, 3.8) is 0 Å². The fourth-order valence-electron chi connectivity index (χ4n) is 3.23. The molecule has 1 aliphatic heterocycles. The first-order chi connectivity index (χ1) is 15.2. The Morgan fingerprint density at radius 2 is 1.78 bits per heavy atom. The molecule has 1 heterocycles. The minimum absolute atomic E-state index is 0.0829. The molecule has 0 radical (unpaired) electrons. The first kappa shape index (κ1) is 23.2. The second-order valence-electron chi connectivity index (χ2n) is 7.58. The van der Waals surface area contributed by atoms with Crippen molar-refractivity contribution in [3.05, 3.63) is 71.2 Å². The number of carbonyl (C=O) groups is 2. The predicted molar refractivity (Wildman–Crippen MR) is 126 cm³/mol. The van der Waals surface area contributed by atoms with Crippen molar-refractivity contribution in [2.75, 3.05) is 17.7 Å². The van der Waals surface area contributed by atoms with Crippen LogP contribution in [0.1, 0.15) is 32.4 Å². The highest BCUT2D eigenvalue weighted by molar-refractivity contribution is 7.80. The Morgan fingerprint density at radius 3 is 2.41 bits per heavy atom. The van der Waals surface area contributed by atoms with E-state index in [1.807, 2.05) is 6.92 Å². The van der Waals surface area contributed by atoms with Gasteiger partial charge in [0.1, 0.15) is 5.82 Å². The molecule has 0 saturated heterocycles. The van der Waals surface area contributed by atoms with E-state index in [4.69, 9.17) is 17.0 Å². The molecule has 1 aliphatic rings. The van der Waals surface area contributed by atoms with Crippen molar-refractivity contribution in [2.45, 2.75) is 32.9 Å². The van der Waals surface area contributed by atoms with E-state index in [1.165, 1.54) is 12.1 Å². The topological polar surface area (TPSA) is 82.7 Å². The molecule has 2 aromatic carbocycles. The summed E-state index contributed by atoms with van der Waals surface area (Å²) >= 11 is 5.40. The minimum Gasteiger partial charge on any atom is -0.459 e. The molecule has 9 heteroatoms. The van der Waals surface area contributed by atoms with Crippen LogP contribution in [0.5, 0.6) is 0 Å². The van der Waals surface area contributed by atoms with Gasteiger partial charge in [-0.15, -0.1) is 0 Å². The van der Waals surface area contributed by atoms with E-state index in [0.717, 1.165) is 5.56 Å². The molecule has 0 bridgehead atoms. The maximum atomic E-state index is 13.7. The van der Waals surface area contributed by atoms with Gasteiger partial charge in [0.25, 0.3) is 0 Å². The van der Waals surface area contributed by atoms with Gasteiger partial charge in [-0.2, -0.15) is 0 Å². The molecule has 2 aromatic rings. The number of benzene rings is 2. The second-order valence-corrected chi connectivity index (χ2v) is 7.96. The molecule has 3 N–H and O–H groups in total. The van der Waals surface area contributed by atoms with Gasteiger partial charge >= 0.3 is 12.0 Å². The lowest BCUT2D eigenvalue weighted by Gasteiger charge is -2.35. The number of nitrogens with one attached hydrogen (secondary N) is 3.